The van der Waals surface area contributed by atoms with Crippen molar-refractivity contribution in [1.82, 2.24) is 5.32 Å². The first-order chi connectivity index (χ1) is 6.22. The molecule has 0 aromatic rings. The molecule has 0 aromatic carbocycles. The third-order valence-corrected chi connectivity index (χ3v) is 2.91. The van der Waals surface area contributed by atoms with Crippen molar-refractivity contribution in [3.63, 3.8) is 0 Å². The highest BCUT2D eigenvalue weighted by molar-refractivity contribution is 7.99. The average molecular weight is 202 g/mol. The van der Waals surface area contributed by atoms with Crippen LogP contribution in [0.15, 0.2) is 0 Å². The maximum absolute atomic E-state index is 11.2. The monoisotopic (exact) mass is 202 g/mol. The number of nitrogens with two attached hydrogens (primary N) is 1. The lowest BCUT2D eigenvalue weighted by atomic mass is 9.92. The Kier molecular flexibility index (Phi) is 4.59. The summed E-state index contributed by atoms with van der Waals surface area (Å²) < 4.78 is 0. The minimum Gasteiger partial charge on any atom is -0.353 e. The van der Waals surface area contributed by atoms with Crippen molar-refractivity contribution in [2.75, 3.05) is 12.0 Å². The molecule has 0 saturated heterocycles. The van der Waals surface area contributed by atoms with Crippen LogP contribution in [-0.2, 0) is 4.79 Å². The molecule has 0 aliphatic heterocycles. The van der Waals surface area contributed by atoms with E-state index in [0.29, 0.717) is 11.8 Å². The Labute approximate surface area is 83.8 Å². The quantitative estimate of drug-likeness (QED) is 0.709. The molecule has 1 fully saturated rings. The van der Waals surface area contributed by atoms with Gasteiger partial charge in [0.05, 0.1) is 5.75 Å². The highest BCUT2D eigenvalue weighted by atomic mass is 32.2. The molecule has 2 unspecified atom stereocenters. The van der Waals surface area contributed by atoms with Crippen LogP contribution >= 0.6 is 11.8 Å². The van der Waals surface area contributed by atoms with Crippen molar-refractivity contribution in [3.8, 4) is 0 Å². The zero-order valence-corrected chi connectivity index (χ0v) is 8.90. The topological polar surface area (TPSA) is 55.1 Å². The van der Waals surface area contributed by atoms with Crippen molar-refractivity contribution < 1.29 is 4.79 Å². The highest BCUT2D eigenvalue weighted by Gasteiger charge is 2.20. The van der Waals surface area contributed by atoms with Crippen molar-refractivity contribution >= 4 is 17.7 Å². The van der Waals surface area contributed by atoms with Crippen LogP contribution in [0.4, 0.5) is 0 Å². The lowest BCUT2D eigenvalue weighted by molar-refractivity contribution is -0.119. The van der Waals surface area contributed by atoms with E-state index < -0.39 is 0 Å². The Hall–Kier alpha value is -0.220. The van der Waals surface area contributed by atoms with Gasteiger partial charge >= 0.3 is 0 Å². The minimum atomic E-state index is 0.145. The summed E-state index contributed by atoms with van der Waals surface area (Å²) in [5.41, 5.74) is 5.82. The second-order valence-corrected chi connectivity index (χ2v) is 4.49. The van der Waals surface area contributed by atoms with Gasteiger partial charge in [0.1, 0.15) is 0 Å². The Morgan fingerprint density at radius 1 is 1.62 bits per heavy atom. The van der Waals surface area contributed by atoms with Crippen molar-refractivity contribution in [2.24, 2.45) is 5.73 Å². The van der Waals surface area contributed by atoms with Gasteiger partial charge in [0.25, 0.3) is 0 Å². The largest absolute Gasteiger partial charge is 0.353 e. The molecular formula is C9H18N2OS. The van der Waals surface area contributed by atoms with Crippen LogP contribution in [0.1, 0.15) is 25.7 Å². The van der Waals surface area contributed by atoms with Crippen molar-refractivity contribution in [1.29, 1.82) is 0 Å². The fourth-order valence-electron chi connectivity index (χ4n) is 1.76. The second kappa shape index (κ2) is 5.50. The highest BCUT2D eigenvalue weighted by Crippen LogP contribution is 2.16. The molecule has 0 bridgehead atoms. The number of rotatable bonds is 3. The first kappa shape index (κ1) is 10.9. The summed E-state index contributed by atoms with van der Waals surface area (Å²) in [6, 6.07) is 0.608. The van der Waals surface area contributed by atoms with Crippen LogP contribution in [0.5, 0.6) is 0 Å². The Balaban J connectivity index is 2.23. The van der Waals surface area contributed by atoms with Crippen LogP contribution < -0.4 is 11.1 Å². The zero-order chi connectivity index (χ0) is 9.68. The number of hydrogen-bond donors (Lipinski definition) is 2. The second-order valence-electron chi connectivity index (χ2n) is 3.62. The summed E-state index contributed by atoms with van der Waals surface area (Å²) in [7, 11) is 0. The van der Waals surface area contributed by atoms with Gasteiger partial charge < -0.3 is 11.1 Å². The van der Waals surface area contributed by atoms with E-state index in [1.54, 1.807) is 11.8 Å². The van der Waals surface area contributed by atoms with Crippen LogP contribution in [0, 0.1) is 0 Å². The summed E-state index contributed by atoms with van der Waals surface area (Å²) in [6.45, 7) is 0. The molecule has 0 aromatic heterocycles. The summed E-state index contributed by atoms with van der Waals surface area (Å²) in [5, 5.41) is 3.01. The molecule has 76 valence electrons. The van der Waals surface area contributed by atoms with Gasteiger partial charge in [-0.25, -0.2) is 0 Å². The van der Waals surface area contributed by atoms with Gasteiger partial charge in [-0.15, -0.1) is 0 Å². The Morgan fingerprint density at radius 2 is 2.38 bits per heavy atom. The number of amides is 1. The standard InChI is InChI=1S/C9H18N2OS/c1-13-6-9(12)11-8-4-2-3-7(10)5-8/h7-8H,2-6,10H2,1H3,(H,11,12). The molecule has 13 heavy (non-hydrogen) atoms. The summed E-state index contributed by atoms with van der Waals surface area (Å²) >= 11 is 1.56. The molecule has 1 saturated carbocycles. The number of nitrogens with one attached hydrogen (secondary N) is 1. The molecule has 3 N–H and O–H groups in total. The van der Waals surface area contributed by atoms with Crippen molar-refractivity contribution in [3.05, 3.63) is 0 Å². The first-order valence-electron chi connectivity index (χ1n) is 4.76. The van der Waals surface area contributed by atoms with Gasteiger partial charge in [-0.2, -0.15) is 11.8 Å². The molecule has 0 spiro atoms. The van der Waals surface area contributed by atoms with Crippen LogP contribution in [0.2, 0.25) is 0 Å². The molecule has 3 nitrogen and oxygen atoms in total. The fraction of sp³-hybridized carbons (Fsp3) is 0.889. The zero-order valence-electron chi connectivity index (χ0n) is 8.08. The first-order valence-corrected chi connectivity index (χ1v) is 6.15. The normalized spacial score (nSPS) is 28.5. The molecule has 1 rings (SSSR count). The van der Waals surface area contributed by atoms with E-state index in [-0.39, 0.29) is 11.9 Å². The summed E-state index contributed by atoms with van der Waals surface area (Å²) in [4.78, 5) is 11.2. The van der Waals surface area contributed by atoms with E-state index in [0.717, 1.165) is 25.7 Å². The predicted molar refractivity (Wildman–Crippen MR) is 56.8 cm³/mol. The number of hydrogen-bond acceptors (Lipinski definition) is 3. The van der Waals surface area contributed by atoms with Gasteiger partial charge in [0, 0.05) is 12.1 Å². The molecule has 1 aliphatic carbocycles. The van der Waals surface area contributed by atoms with E-state index in [4.69, 9.17) is 5.73 Å². The lowest BCUT2D eigenvalue weighted by Crippen LogP contribution is -2.42. The predicted octanol–water partition coefficient (Wildman–Crippen LogP) is 0.735. The van der Waals surface area contributed by atoms with Gasteiger partial charge in [0.15, 0.2) is 0 Å². The van der Waals surface area contributed by atoms with E-state index in [2.05, 4.69) is 5.32 Å². The maximum atomic E-state index is 11.2. The van der Waals surface area contributed by atoms with Gasteiger partial charge in [-0.1, -0.05) is 0 Å². The SMILES string of the molecule is CSCC(=O)NC1CCCC(N)C1. The van der Waals surface area contributed by atoms with E-state index in [9.17, 15) is 4.79 Å². The average Bonchev–Trinajstić information content (AvgIpc) is 2.04. The van der Waals surface area contributed by atoms with E-state index >= 15 is 0 Å². The third kappa shape index (κ3) is 4.00. The Morgan fingerprint density at radius 3 is 3.00 bits per heavy atom. The van der Waals surface area contributed by atoms with Crippen molar-refractivity contribution in [2.45, 2.75) is 37.8 Å². The number of thioether (sulfide) groups is 1. The molecule has 0 radical (unpaired) electrons. The van der Waals surface area contributed by atoms with Gasteiger partial charge in [-0.3, -0.25) is 4.79 Å². The molecule has 1 aliphatic rings. The van der Waals surface area contributed by atoms with Gasteiger partial charge in [0.2, 0.25) is 5.91 Å². The minimum absolute atomic E-state index is 0.145. The van der Waals surface area contributed by atoms with Crippen LogP contribution in [0.25, 0.3) is 0 Å². The Bertz CT molecular complexity index is 175. The molecule has 2 atom stereocenters. The van der Waals surface area contributed by atoms with Crippen LogP contribution in [0.3, 0.4) is 0 Å². The van der Waals surface area contributed by atoms with E-state index in [1.165, 1.54) is 0 Å². The molecule has 0 heterocycles. The molecular weight excluding hydrogens is 184 g/mol. The number of carbonyl (C=O) groups excluding carboxylic acids is 1. The number of carbonyl (C=O) groups is 1. The van der Waals surface area contributed by atoms with Crippen LogP contribution in [-0.4, -0.2) is 30.0 Å². The summed E-state index contributed by atoms with van der Waals surface area (Å²) in [6.07, 6.45) is 6.22. The van der Waals surface area contributed by atoms with Gasteiger partial charge in [-0.05, 0) is 31.9 Å². The smallest absolute Gasteiger partial charge is 0.230 e. The molecule has 4 heteroatoms. The molecule has 1 amide bonds. The third-order valence-electron chi connectivity index (χ3n) is 2.36. The van der Waals surface area contributed by atoms with E-state index in [1.807, 2.05) is 6.26 Å². The fourth-order valence-corrected chi connectivity index (χ4v) is 2.10. The lowest BCUT2D eigenvalue weighted by Gasteiger charge is -2.27. The summed E-state index contributed by atoms with van der Waals surface area (Å²) in [5.74, 6) is 0.706. The maximum Gasteiger partial charge on any atom is 0.230 e.